The van der Waals surface area contributed by atoms with E-state index in [4.69, 9.17) is 0 Å². The van der Waals surface area contributed by atoms with Crippen LogP contribution in [0, 0.1) is 0 Å². The summed E-state index contributed by atoms with van der Waals surface area (Å²) in [5, 5.41) is 0. The van der Waals surface area contributed by atoms with Crippen LogP contribution in [-0.4, -0.2) is 46.6 Å². The van der Waals surface area contributed by atoms with E-state index in [1.807, 2.05) is 0 Å². The van der Waals surface area contributed by atoms with Gasteiger partial charge in [0, 0.05) is 30.2 Å². The third-order valence-electron chi connectivity index (χ3n) is 4.75. The number of piperidine rings is 1. The predicted octanol–water partition coefficient (Wildman–Crippen LogP) is 3.12. The zero-order valence-electron chi connectivity index (χ0n) is 12.4. The minimum Gasteiger partial charge on any atom is -0.299 e. The molecule has 17 heavy (non-hydrogen) atoms. The topological polar surface area (TPSA) is 6.48 Å². The molecule has 1 atom stereocenters. The average Bonchev–Trinajstić information content (AvgIpc) is 2.62. The number of hydrogen-bond acceptors (Lipinski definition) is 2. The Morgan fingerprint density at radius 1 is 1.00 bits per heavy atom. The number of nitrogens with zero attached hydrogens (tertiary/aromatic N) is 2. The summed E-state index contributed by atoms with van der Waals surface area (Å²) in [6.07, 6.45) is 5.61. The van der Waals surface area contributed by atoms with Crippen molar-refractivity contribution in [3.8, 4) is 0 Å². The van der Waals surface area contributed by atoms with Crippen molar-refractivity contribution >= 4 is 0 Å². The zero-order valence-corrected chi connectivity index (χ0v) is 12.4. The Balaban J connectivity index is 2.16. The maximum atomic E-state index is 2.81. The molecular weight excluding hydrogens is 208 g/mol. The van der Waals surface area contributed by atoms with E-state index in [2.05, 4.69) is 44.4 Å². The van der Waals surface area contributed by atoms with E-state index in [1.165, 1.54) is 45.3 Å². The van der Waals surface area contributed by atoms with Crippen molar-refractivity contribution in [1.29, 1.82) is 0 Å². The lowest BCUT2D eigenvalue weighted by Crippen LogP contribution is -2.60. The van der Waals surface area contributed by atoms with Crippen LogP contribution in [0.4, 0.5) is 0 Å². The van der Waals surface area contributed by atoms with Gasteiger partial charge < -0.3 is 0 Å². The molecular formula is C15H30N2. The van der Waals surface area contributed by atoms with Crippen LogP contribution >= 0.6 is 0 Å². The van der Waals surface area contributed by atoms with Crippen molar-refractivity contribution in [3.63, 3.8) is 0 Å². The van der Waals surface area contributed by atoms with Crippen molar-refractivity contribution in [1.82, 2.24) is 9.80 Å². The molecule has 1 unspecified atom stereocenters. The summed E-state index contributed by atoms with van der Waals surface area (Å²) < 4.78 is 0. The lowest BCUT2D eigenvalue weighted by molar-refractivity contribution is -0.0208. The molecule has 1 spiro atoms. The largest absolute Gasteiger partial charge is 0.299 e. The fourth-order valence-corrected chi connectivity index (χ4v) is 3.90. The lowest BCUT2D eigenvalue weighted by Gasteiger charge is -2.52. The molecule has 0 N–H and O–H groups in total. The van der Waals surface area contributed by atoms with Gasteiger partial charge in [0.2, 0.25) is 0 Å². The van der Waals surface area contributed by atoms with E-state index in [0.29, 0.717) is 17.1 Å². The molecule has 2 aliphatic heterocycles. The van der Waals surface area contributed by atoms with Gasteiger partial charge in [-0.3, -0.25) is 9.80 Å². The van der Waals surface area contributed by atoms with Crippen LogP contribution in [0.2, 0.25) is 0 Å². The average molecular weight is 238 g/mol. The van der Waals surface area contributed by atoms with Gasteiger partial charge in [-0.1, -0.05) is 6.42 Å². The standard InChI is InChI=1S/C15H30N2/c1-13(2)16-11-9-15(12-16)8-6-7-10-17(15)14(3,4)5/h13H,6-12H2,1-5H3. The molecule has 2 nitrogen and oxygen atoms in total. The summed E-state index contributed by atoms with van der Waals surface area (Å²) in [6, 6.07) is 0.707. The Morgan fingerprint density at radius 2 is 1.71 bits per heavy atom. The molecule has 2 saturated heterocycles. The first-order chi connectivity index (χ1) is 7.85. The molecule has 0 radical (unpaired) electrons. The molecule has 2 rings (SSSR count). The van der Waals surface area contributed by atoms with Crippen LogP contribution in [0.1, 0.15) is 60.3 Å². The van der Waals surface area contributed by atoms with Gasteiger partial charge in [0.05, 0.1) is 0 Å². The third-order valence-corrected chi connectivity index (χ3v) is 4.75. The van der Waals surface area contributed by atoms with Crippen LogP contribution in [0.15, 0.2) is 0 Å². The maximum Gasteiger partial charge on any atom is 0.0353 e. The van der Waals surface area contributed by atoms with Gasteiger partial charge in [-0.05, 0) is 60.4 Å². The summed E-state index contributed by atoms with van der Waals surface area (Å²) in [7, 11) is 0. The highest BCUT2D eigenvalue weighted by atomic mass is 15.3. The van der Waals surface area contributed by atoms with Crippen molar-refractivity contribution in [2.24, 2.45) is 0 Å². The van der Waals surface area contributed by atoms with Crippen LogP contribution in [0.25, 0.3) is 0 Å². The lowest BCUT2D eigenvalue weighted by atomic mass is 9.82. The second-order valence-corrected chi connectivity index (χ2v) is 7.32. The Kier molecular flexibility index (Phi) is 3.57. The molecule has 0 aliphatic carbocycles. The van der Waals surface area contributed by atoms with Gasteiger partial charge in [0.1, 0.15) is 0 Å². The molecule has 0 saturated carbocycles. The molecule has 0 aromatic carbocycles. The Morgan fingerprint density at radius 3 is 2.24 bits per heavy atom. The molecule has 100 valence electrons. The maximum absolute atomic E-state index is 2.81. The van der Waals surface area contributed by atoms with Crippen LogP contribution in [-0.2, 0) is 0 Å². The molecule has 0 bridgehead atoms. The van der Waals surface area contributed by atoms with E-state index >= 15 is 0 Å². The second-order valence-electron chi connectivity index (χ2n) is 7.32. The summed E-state index contributed by atoms with van der Waals surface area (Å²) in [6.45, 7) is 15.7. The smallest absolute Gasteiger partial charge is 0.0353 e. The van der Waals surface area contributed by atoms with Gasteiger partial charge in [0.15, 0.2) is 0 Å². The van der Waals surface area contributed by atoms with Gasteiger partial charge >= 0.3 is 0 Å². The van der Waals surface area contributed by atoms with Gasteiger partial charge in [-0.15, -0.1) is 0 Å². The second kappa shape index (κ2) is 4.55. The normalized spacial score (nSPS) is 32.8. The summed E-state index contributed by atoms with van der Waals surface area (Å²) in [5.41, 5.74) is 0.814. The molecule has 2 heterocycles. The van der Waals surface area contributed by atoms with Gasteiger partial charge in [0.25, 0.3) is 0 Å². The molecule has 0 aromatic heterocycles. The van der Waals surface area contributed by atoms with Crippen LogP contribution in [0.3, 0.4) is 0 Å². The predicted molar refractivity (Wildman–Crippen MR) is 74.4 cm³/mol. The minimum atomic E-state index is 0.327. The summed E-state index contributed by atoms with van der Waals surface area (Å²) in [5.74, 6) is 0. The SMILES string of the molecule is CC(C)N1CCC2(CCCCN2C(C)(C)C)C1. The number of hydrogen-bond donors (Lipinski definition) is 0. The summed E-state index contributed by atoms with van der Waals surface area (Å²) in [4.78, 5) is 5.48. The fourth-order valence-electron chi connectivity index (χ4n) is 3.90. The molecule has 0 amide bonds. The van der Waals surface area contributed by atoms with Crippen LogP contribution in [0.5, 0.6) is 0 Å². The Bertz CT molecular complexity index is 267. The Hall–Kier alpha value is -0.0800. The highest BCUT2D eigenvalue weighted by Gasteiger charge is 2.47. The van der Waals surface area contributed by atoms with Crippen LogP contribution < -0.4 is 0 Å². The van der Waals surface area contributed by atoms with Crippen molar-refractivity contribution in [3.05, 3.63) is 0 Å². The van der Waals surface area contributed by atoms with Gasteiger partial charge in [-0.25, -0.2) is 0 Å². The Labute approximate surface area is 107 Å². The van der Waals surface area contributed by atoms with Crippen molar-refractivity contribution in [2.45, 2.75) is 77.4 Å². The highest BCUT2D eigenvalue weighted by Crippen LogP contribution is 2.40. The van der Waals surface area contributed by atoms with E-state index in [1.54, 1.807) is 0 Å². The van der Waals surface area contributed by atoms with Gasteiger partial charge in [-0.2, -0.15) is 0 Å². The fraction of sp³-hybridized carbons (Fsp3) is 1.00. The number of likely N-dealkylation sites (tertiary alicyclic amines) is 2. The van der Waals surface area contributed by atoms with E-state index in [0.717, 1.165) is 0 Å². The molecule has 2 fully saturated rings. The first-order valence-electron chi connectivity index (χ1n) is 7.37. The molecule has 2 heteroatoms. The first-order valence-corrected chi connectivity index (χ1v) is 7.37. The monoisotopic (exact) mass is 238 g/mol. The van der Waals surface area contributed by atoms with E-state index < -0.39 is 0 Å². The molecule has 2 aliphatic rings. The van der Waals surface area contributed by atoms with E-state index in [-0.39, 0.29) is 0 Å². The highest BCUT2D eigenvalue weighted by molar-refractivity contribution is 5.04. The first kappa shape index (κ1) is 13.4. The zero-order chi connectivity index (χ0) is 12.7. The quantitative estimate of drug-likeness (QED) is 0.692. The van der Waals surface area contributed by atoms with Crippen molar-refractivity contribution in [2.75, 3.05) is 19.6 Å². The van der Waals surface area contributed by atoms with Crippen molar-refractivity contribution < 1.29 is 0 Å². The minimum absolute atomic E-state index is 0.327. The summed E-state index contributed by atoms with van der Waals surface area (Å²) >= 11 is 0. The third kappa shape index (κ3) is 2.53. The number of rotatable bonds is 1. The van der Waals surface area contributed by atoms with E-state index in [9.17, 15) is 0 Å². The molecule has 0 aromatic rings.